The van der Waals surface area contributed by atoms with Gasteiger partial charge in [0.1, 0.15) is 5.82 Å². The van der Waals surface area contributed by atoms with Gasteiger partial charge in [0.05, 0.1) is 12.0 Å². The molecule has 0 bridgehead atoms. The number of rotatable bonds is 3. The van der Waals surface area contributed by atoms with Gasteiger partial charge in [0.2, 0.25) is 11.8 Å². The average Bonchev–Trinajstić information content (AvgIpc) is 2.42. The second-order valence-electron chi connectivity index (χ2n) is 5.81. The topological polar surface area (TPSA) is 49.4 Å². The van der Waals surface area contributed by atoms with Crippen molar-refractivity contribution in [2.45, 2.75) is 38.8 Å². The summed E-state index contributed by atoms with van der Waals surface area (Å²) in [6, 6.07) is 5.72. The summed E-state index contributed by atoms with van der Waals surface area (Å²) in [5.74, 6) is -0.677. The van der Waals surface area contributed by atoms with Crippen molar-refractivity contribution >= 4 is 11.8 Å². The Labute approximate surface area is 124 Å². The van der Waals surface area contributed by atoms with E-state index in [2.05, 4.69) is 5.32 Å². The Morgan fingerprint density at radius 2 is 1.95 bits per heavy atom. The molecule has 0 aromatic heterocycles. The van der Waals surface area contributed by atoms with Crippen molar-refractivity contribution in [2.24, 2.45) is 5.92 Å². The van der Waals surface area contributed by atoms with Crippen LogP contribution in [0.3, 0.4) is 0 Å². The lowest BCUT2D eigenvalue weighted by molar-refractivity contribution is -0.141. The molecule has 1 saturated heterocycles. The van der Waals surface area contributed by atoms with Gasteiger partial charge in [-0.25, -0.2) is 4.39 Å². The van der Waals surface area contributed by atoms with E-state index in [1.807, 2.05) is 13.8 Å². The fraction of sp³-hybridized carbons (Fsp3) is 0.500. The zero-order valence-electron chi connectivity index (χ0n) is 12.6. The molecule has 1 fully saturated rings. The Balaban J connectivity index is 2.31. The van der Waals surface area contributed by atoms with E-state index in [4.69, 9.17) is 0 Å². The van der Waals surface area contributed by atoms with Crippen LogP contribution in [-0.4, -0.2) is 29.8 Å². The molecule has 0 saturated carbocycles. The van der Waals surface area contributed by atoms with Crippen molar-refractivity contribution in [2.75, 3.05) is 7.05 Å². The molecule has 1 aliphatic heterocycles. The number of piperidine rings is 1. The van der Waals surface area contributed by atoms with Gasteiger partial charge in [0.15, 0.2) is 0 Å². The molecule has 1 aliphatic rings. The zero-order valence-corrected chi connectivity index (χ0v) is 12.6. The number of carbonyl (C=O) groups is 2. The smallest absolute Gasteiger partial charge is 0.225 e. The molecule has 114 valence electrons. The number of halogens is 1. The van der Waals surface area contributed by atoms with Crippen LogP contribution in [0.5, 0.6) is 0 Å². The van der Waals surface area contributed by atoms with E-state index >= 15 is 0 Å². The monoisotopic (exact) mass is 292 g/mol. The zero-order chi connectivity index (χ0) is 15.6. The van der Waals surface area contributed by atoms with E-state index in [0.717, 1.165) is 5.56 Å². The molecule has 1 heterocycles. The van der Waals surface area contributed by atoms with E-state index in [0.29, 0.717) is 12.8 Å². The van der Waals surface area contributed by atoms with Crippen molar-refractivity contribution in [3.63, 3.8) is 0 Å². The Hall–Kier alpha value is -1.91. The number of amides is 2. The molecule has 21 heavy (non-hydrogen) atoms. The predicted octanol–water partition coefficient (Wildman–Crippen LogP) is 2.26. The maximum absolute atomic E-state index is 13.1. The van der Waals surface area contributed by atoms with Gasteiger partial charge in [-0.15, -0.1) is 0 Å². The number of likely N-dealkylation sites (tertiary alicyclic amines) is 1. The molecular formula is C16H21FN2O2. The number of hydrogen-bond acceptors (Lipinski definition) is 2. The minimum absolute atomic E-state index is 0.0120. The maximum atomic E-state index is 13.1. The Morgan fingerprint density at radius 1 is 1.33 bits per heavy atom. The average molecular weight is 292 g/mol. The first-order valence-electron chi connectivity index (χ1n) is 7.21. The van der Waals surface area contributed by atoms with Crippen LogP contribution in [0.15, 0.2) is 24.3 Å². The van der Waals surface area contributed by atoms with Gasteiger partial charge >= 0.3 is 0 Å². The fourth-order valence-corrected chi connectivity index (χ4v) is 2.82. The highest BCUT2D eigenvalue weighted by Crippen LogP contribution is 2.35. The number of benzene rings is 1. The van der Waals surface area contributed by atoms with E-state index in [-0.39, 0.29) is 35.6 Å². The lowest BCUT2D eigenvalue weighted by atomic mass is 9.84. The molecule has 1 aromatic rings. The van der Waals surface area contributed by atoms with Crippen LogP contribution in [0.4, 0.5) is 4.39 Å². The van der Waals surface area contributed by atoms with Gasteiger partial charge in [-0.2, -0.15) is 0 Å². The van der Waals surface area contributed by atoms with E-state index in [1.165, 1.54) is 12.1 Å². The molecule has 0 aliphatic carbocycles. The van der Waals surface area contributed by atoms with Crippen LogP contribution in [-0.2, 0) is 9.59 Å². The SMILES string of the molecule is CC(C)NC(=O)[C@@H]1CCC(=O)N(C)[C@H]1c1ccc(F)cc1. The first-order chi connectivity index (χ1) is 9.90. The van der Waals surface area contributed by atoms with Crippen LogP contribution < -0.4 is 5.32 Å². The molecular weight excluding hydrogens is 271 g/mol. The van der Waals surface area contributed by atoms with Crippen molar-refractivity contribution in [3.05, 3.63) is 35.6 Å². The van der Waals surface area contributed by atoms with Gasteiger partial charge in [0.25, 0.3) is 0 Å². The Bertz CT molecular complexity index is 528. The van der Waals surface area contributed by atoms with Crippen LogP contribution in [0, 0.1) is 11.7 Å². The summed E-state index contributed by atoms with van der Waals surface area (Å²) < 4.78 is 13.1. The lowest BCUT2D eigenvalue weighted by Crippen LogP contribution is -2.47. The normalized spacial score (nSPS) is 22.5. The van der Waals surface area contributed by atoms with Crippen LogP contribution in [0.1, 0.15) is 38.3 Å². The second-order valence-corrected chi connectivity index (χ2v) is 5.81. The fourth-order valence-electron chi connectivity index (χ4n) is 2.82. The van der Waals surface area contributed by atoms with Gasteiger partial charge in [-0.3, -0.25) is 9.59 Å². The predicted molar refractivity (Wildman–Crippen MR) is 77.9 cm³/mol. The number of nitrogens with one attached hydrogen (secondary N) is 1. The van der Waals surface area contributed by atoms with Gasteiger partial charge in [-0.05, 0) is 38.0 Å². The van der Waals surface area contributed by atoms with Crippen molar-refractivity contribution in [1.29, 1.82) is 0 Å². The maximum Gasteiger partial charge on any atom is 0.225 e. The third-order valence-corrected chi connectivity index (χ3v) is 3.84. The summed E-state index contributed by atoms with van der Waals surface area (Å²) in [5.41, 5.74) is 0.788. The van der Waals surface area contributed by atoms with Crippen molar-refractivity contribution in [1.82, 2.24) is 10.2 Å². The molecule has 0 radical (unpaired) electrons. The molecule has 1 aromatic carbocycles. The van der Waals surface area contributed by atoms with Gasteiger partial charge < -0.3 is 10.2 Å². The molecule has 2 rings (SSSR count). The molecule has 2 amide bonds. The second kappa shape index (κ2) is 6.24. The van der Waals surface area contributed by atoms with Crippen molar-refractivity contribution in [3.8, 4) is 0 Å². The Kier molecular flexibility index (Phi) is 4.60. The standard InChI is InChI=1S/C16H21FN2O2/c1-10(2)18-16(21)13-8-9-14(20)19(3)15(13)11-4-6-12(17)7-5-11/h4-7,10,13,15H,8-9H2,1-3H3,(H,18,21)/t13-,15+/m1/s1. The highest BCUT2D eigenvalue weighted by atomic mass is 19.1. The molecule has 4 nitrogen and oxygen atoms in total. The lowest BCUT2D eigenvalue weighted by Gasteiger charge is -2.38. The number of hydrogen-bond donors (Lipinski definition) is 1. The summed E-state index contributed by atoms with van der Waals surface area (Å²) in [4.78, 5) is 25.9. The molecule has 2 atom stereocenters. The third-order valence-electron chi connectivity index (χ3n) is 3.84. The molecule has 0 spiro atoms. The van der Waals surface area contributed by atoms with E-state index in [1.54, 1.807) is 24.1 Å². The molecule has 1 N–H and O–H groups in total. The van der Waals surface area contributed by atoms with Gasteiger partial charge in [0, 0.05) is 19.5 Å². The van der Waals surface area contributed by atoms with Crippen LogP contribution in [0.2, 0.25) is 0 Å². The third kappa shape index (κ3) is 3.40. The van der Waals surface area contributed by atoms with Crippen LogP contribution >= 0.6 is 0 Å². The minimum atomic E-state index is -0.342. The molecule has 5 heteroatoms. The van der Waals surface area contributed by atoms with Crippen LogP contribution in [0.25, 0.3) is 0 Å². The van der Waals surface area contributed by atoms with Crippen molar-refractivity contribution < 1.29 is 14.0 Å². The van der Waals surface area contributed by atoms with E-state index < -0.39 is 0 Å². The highest BCUT2D eigenvalue weighted by molar-refractivity contribution is 5.85. The Morgan fingerprint density at radius 3 is 2.52 bits per heavy atom. The summed E-state index contributed by atoms with van der Waals surface area (Å²) in [6.45, 7) is 3.81. The largest absolute Gasteiger partial charge is 0.354 e. The molecule has 0 unspecified atom stereocenters. The quantitative estimate of drug-likeness (QED) is 0.929. The number of nitrogens with zero attached hydrogens (tertiary/aromatic N) is 1. The summed E-state index contributed by atoms with van der Waals surface area (Å²) in [6.07, 6.45) is 0.883. The first kappa shape index (κ1) is 15.5. The van der Waals surface area contributed by atoms with E-state index in [9.17, 15) is 14.0 Å². The minimum Gasteiger partial charge on any atom is -0.354 e. The highest BCUT2D eigenvalue weighted by Gasteiger charge is 2.38. The summed E-state index contributed by atoms with van der Waals surface area (Å²) >= 11 is 0. The summed E-state index contributed by atoms with van der Waals surface area (Å²) in [7, 11) is 1.70. The first-order valence-corrected chi connectivity index (χ1v) is 7.21. The van der Waals surface area contributed by atoms with Gasteiger partial charge in [-0.1, -0.05) is 12.1 Å². The summed E-state index contributed by atoms with van der Waals surface area (Å²) in [5, 5.41) is 2.91. The number of carbonyl (C=O) groups excluding carboxylic acids is 2.